The third-order valence-electron chi connectivity index (χ3n) is 3.45. The molecule has 4 nitrogen and oxygen atoms in total. The molecule has 18 heavy (non-hydrogen) atoms. The van der Waals surface area contributed by atoms with Crippen LogP contribution >= 0.6 is 0 Å². The predicted octanol–water partition coefficient (Wildman–Crippen LogP) is 1.16. The summed E-state index contributed by atoms with van der Waals surface area (Å²) in [6.07, 6.45) is 1.51. The highest BCUT2D eigenvalue weighted by atomic mass is 16.3. The van der Waals surface area contributed by atoms with Crippen LogP contribution in [0.15, 0.2) is 24.3 Å². The van der Waals surface area contributed by atoms with Crippen LogP contribution < -0.4 is 10.6 Å². The molecule has 0 saturated carbocycles. The van der Waals surface area contributed by atoms with Crippen molar-refractivity contribution in [3.05, 3.63) is 29.8 Å². The van der Waals surface area contributed by atoms with Crippen molar-refractivity contribution in [1.82, 2.24) is 5.32 Å². The van der Waals surface area contributed by atoms with Gasteiger partial charge in [0.05, 0.1) is 18.6 Å². The Morgan fingerprint density at radius 1 is 1.56 bits per heavy atom. The van der Waals surface area contributed by atoms with Gasteiger partial charge in [0, 0.05) is 12.2 Å². The van der Waals surface area contributed by atoms with Gasteiger partial charge in [0.2, 0.25) is 5.91 Å². The van der Waals surface area contributed by atoms with E-state index in [1.807, 2.05) is 31.2 Å². The smallest absolute Gasteiger partial charge is 0.225 e. The molecule has 2 rings (SSSR count). The van der Waals surface area contributed by atoms with Crippen LogP contribution in [-0.2, 0) is 11.2 Å². The highest BCUT2D eigenvalue weighted by Crippen LogP contribution is 2.24. The van der Waals surface area contributed by atoms with Gasteiger partial charge in [-0.2, -0.15) is 0 Å². The number of aliphatic hydroxyl groups excluding tert-OH is 1. The summed E-state index contributed by atoms with van der Waals surface area (Å²) in [4.78, 5) is 12.1. The number of aliphatic hydroxyl groups is 1. The number of rotatable bonds is 4. The van der Waals surface area contributed by atoms with Crippen LogP contribution in [0.1, 0.15) is 18.9 Å². The Morgan fingerprint density at radius 2 is 2.33 bits per heavy atom. The van der Waals surface area contributed by atoms with Crippen LogP contribution in [0.5, 0.6) is 0 Å². The minimum Gasteiger partial charge on any atom is -0.394 e. The van der Waals surface area contributed by atoms with Gasteiger partial charge in [-0.3, -0.25) is 4.79 Å². The Kier molecular flexibility index (Phi) is 4.20. The van der Waals surface area contributed by atoms with E-state index < -0.39 is 0 Å². The first-order valence-electron chi connectivity index (χ1n) is 6.47. The SMILES string of the molecule is CC[C@H](CO)NC(=O)C1CNc2ccccc2C1. The number of fused-ring (bicyclic) bond motifs is 1. The second kappa shape index (κ2) is 5.87. The lowest BCUT2D eigenvalue weighted by atomic mass is 9.93. The molecule has 0 spiro atoms. The van der Waals surface area contributed by atoms with Crippen LogP contribution in [0.3, 0.4) is 0 Å². The molecule has 1 heterocycles. The van der Waals surface area contributed by atoms with Crippen molar-refractivity contribution in [2.75, 3.05) is 18.5 Å². The van der Waals surface area contributed by atoms with Gasteiger partial charge in [-0.1, -0.05) is 25.1 Å². The maximum absolute atomic E-state index is 12.1. The van der Waals surface area contributed by atoms with Crippen LogP contribution in [0, 0.1) is 5.92 Å². The summed E-state index contributed by atoms with van der Waals surface area (Å²) in [5, 5.41) is 15.3. The molecule has 0 aromatic heterocycles. The van der Waals surface area contributed by atoms with Crippen LogP contribution in [0.2, 0.25) is 0 Å². The molecule has 1 aromatic carbocycles. The number of hydrogen-bond donors (Lipinski definition) is 3. The quantitative estimate of drug-likeness (QED) is 0.749. The zero-order valence-corrected chi connectivity index (χ0v) is 10.6. The number of anilines is 1. The zero-order valence-electron chi connectivity index (χ0n) is 10.6. The van der Waals surface area contributed by atoms with E-state index >= 15 is 0 Å². The van der Waals surface area contributed by atoms with E-state index in [4.69, 9.17) is 5.11 Å². The van der Waals surface area contributed by atoms with Crippen LogP contribution in [0.4, 0.5) is 5.69 Å². The minimum atomic E-state index is -0.130. The lowest BCUT2D eigenvalue weighted by molar-refractivity contribution is -0.125. The fourth-order valence-electron chi connectivity index (χ4n) is 2.22. The normalized spacial score (nSPS) is 19.6. The van der Waals surface area contributed by atoms with Crippen molar-refractivity contribution >= 4 is 11.6 Å². The average Bonchev–Trinajstić information content (AvgIpc) is 2.44. The molecule has 0 aliphatic carbocycles. The summed E-state index contributed by atoms with van der Waals surface area (Å²) in [5.41, 5.74) is 2.30. The Labute approximate surface area is 107 Å². The van der Waals surface area contributed by atoms with E-state index in [0.717, 1.165) is 18.5 Å². The monoisotopic (exact) mass is 248 g/mol. The average molecular weight is 248 g/mol. The van der Waals surface area contributed by atoms with E-state index in [-0.39, 0.29) is 24.5 Å². The summed E-state index contributed by atoms with van der Waals surface area (Å²) in [6.45, 7) is 2.61. The van der Waals surface area contributed by atoms with Crippen LogP contribution in [-0.4, -0.2) is 30.2 Å². The minimum absolute atomic E-state index is 0.00102. The van der Waals surface area contributed by atoms with E-state index in [9.17, 15) is 4.79 Å². The van der Waals surface area contributed by atoms with Crippen molar-refractivity contribution < 1.29 is 9.90 Å². The fourth-order valence-corrected chi connectivity index (χ4v) is 2.22. The van der Waals surface area contributed by atoms with Crippen molar-refractivity contribution in [1.29, 1.82) is 0 Å². The summed E-state index contributed by atoms with van der Waals surface area (Å²) in [5.74, 6) is -0.0293. The molecular formula is C14H20N2O2. The number of hydrogen-bond acceptors (Lipinski definition) is 3. The van der Waals surface area contributed by atoms with Gasteiger partial charge in [-0.15, -0.1) is 0 Å². The van der Waals surface area contributed by atoms with Gasteiger partial charge in [-0.05, 0) is 24.5 Å². The molecule has 0 fully saturated rings. The number of para-hydroxylation sites is 1. The fraction of sp³-hybridized carbons (Fsp3) is 0.500. The number of carbonyl (C=O) groups excluding carboxylic acids is 1. The molecule has 0 radical (unpaired) electrons. The molecule has 0 bridgehead atoms. The van der Waals surface area contributed by atoms with Gasteiger partial charge < -0.3 is 15.7 Å². The lowest BCUT2D eigenvalue weighted by Crippen LogP contribution is -2.44. The summed E-state index contributed by atoms with van der Waals surface area (Å²) in [6, 6.07) is 7.93. The van der Waals surface area contributed by atoms with Gasteiger partial charge in [-0.25, -0.2) is 0 Å². The van der Waals surface area contributed by atoms with E-state index in [1.165, 1.54) is 5.56 Å². The highest BCUT2D eigenvalue weighted by molar-refractivity contribution is 5.81. The van der Waals surface area contributed by atoms with Gasteiger partial charge in [0.1, 0.15) is 0 Å². The molecule has 1 aliphatic heterocycles. The highest BCUT2D eigenvalue weighted by Gasteiger charge is 2.25. The standard InChI is InChI=1S/C14H20N2O2/c1-2-12(9-17)16-14(18)11-7-10-5-3-4-6-13(10)15-8-11/h3-6,11-12,15,17H,2,7-9H2,1H3,(H,16,18)/t11?,12-/m1/s1. The molecule has 1 aromatic rings. The van der Waals surface area contributed by atoms with Crippen molar-refractivity contribution in [3.8, 4) is 0 Å². The van der Waals surface area contributed by atoms with Gasteiger partial charge in [0.25, 0.3) is 0 Å². The number of nitrogens with one attached hydrogen (secondary N) is 2. The van der Waals surface area contributed by atoms with E-state index in [0.29, 0.717) is 6.54 Å². The van der Waals surface area contributed by atoms with Crippen molar-refractivity contribution in [3.63, 3.8) is 0 Å². The first-order valence-corrected chi connectivity index (χ1v) is 6.47. The largest absolute Gasteiger partial charge is 0.394 e. The molecule has 4 heteroatoms. The third kappa shape index (κ3) is 2.82. The second-order valence-corrected chi connectivity index (χ2v) is 4.74. The van der Waals surface area contributed by atoms with E-state index in [2.05, 4.69) is 10.6 Å². The maximum Gasteiger partial charge on any atom is 0.225 e. The topological polar surface area (TPSA) is 61.4 Å². The van der Waals surface area contributed by atoms with Crippen molar-refractivity contribution in [2.45, 2.75) is 25.8 Å². The summed E-state index contributed by atoms with van der Waals surface area (Å²) >= 11 is 0. The Balaban J connectivity index is 1.98. The first-order chi connectivity index (χ1) is 8.74. The second-order valence-electron chi connectivity index (χ2n) is 4.74. The maximum atomic E-state index is 12.1. The molecule has 1 unspecified atom stereocenters. The molecule has 1 amide bonds. The van der Waals surface area contributed by atoms with Gasteiger partial charge in [0.15, 0.2) is 0 Å². The first kappa shape index (κ1) is 12.9. The predicted molar refractivity (Wildman–Crippen MR) is 71.4 cm³/mol. The molecule has 98 valence electrons. The van der Waals surface area contributed by atoms with Crippen LogP contribution in [0.25, 0.3) is 0 Å². The molecular weight excluding hydrogens is 228 g/mol. The lowest BCUT2D eigenvalue weighted by Gasteiger charge is -2.26. The molecule has 2 atom stereocenters. The van der Waals surface area contributed by atoms with E-state index in [1.54, 1.807) is 0 Å². The molecule has 1 aliphatic rings. The number of amides is 1. The number of carbonyl (C=O) groups is 1. The Bertz CT molecular complexity index is 416. The molecule has 3 N–H and O–H groups in total. The zero-order chi connectivity index (χ0) is 13.0. The van der Waals surface area contributed by atoms with Gasteiger partial charge >= 0.3 is 0 Å². The Hall–Kier alpha value is -1.55. The summed E-state index contributed by atoms with van der Waals surface area (Å²) in [7, 11) is 0. The number of benzene rings is 1. The third-order valence-corrected chi connectivity index (χ3v) is 3.45. The summed E-state index contributed by atoms with van der Waals surface area (Å²) < 4.78 is 0. The Morgan fingerprint density at radius 3 is 3.06 bits per heavy atom. The van der Waals surface area contributed by atoms with Crippen molar-refractivity contribution in [2.24, 2.45) is 5.92 Å². The molecule has 0 saturated heterocycles.